The first-order valence-corrected chi connectivity index (χ1v) is 12.6. The van der Waals surface area contributed by atoms with E-state index in [1.54, 1.807) is 18.0 Å². The molecule has 0 spiro atoms. The van der Waals surface area contributed by atoms with E-state index in [1.165, 1.54) is 32.1 Å². The van der Waals surface area contributed by atoms with Gasteiger partial charge in [-0.1, -0.05) is 49.2 Å². The second-order valence-electron chi connectivity index (χ2n) is 8.55. The quantitative estimate of drug-likeness (QED) is 0.369. The van der Waals surface area contributed by atoms with Crippen molar-refractivity contribution in [3.8, 4) is 0 Å². The van der Waals surface area contributed by atoms with Gasteiger partial charge in [-0.3, -0.25) is 9.78 Å². The molecule has 3 aromatic rings. The lowest BCUT2D eigenvalue weighted by atomic mass is 9.94. The fourth-order valence-corrected chi connectivity index (χ4v) is 4.99. The van der Waals surface area contributed by atoms with Gasteiger partial charge in [0, 0.05) is 42.4 Å². The topological polar surface area (TPSA) is 71.0 Å². The summed E-state index contributed by atoms with van der Waals surface area (Å²) in [6, 6.07) is 16.0. The number of aromatic nitrogens is 3. The summed E-state index contributed by atoms with van der Waals surface area (Å²) in [6.45, 7) is 2.43. The molecule has 2 heterocycles. The Hall–Kier alpha value is -2.93. The summed E-state index contributed by atoms with van der Waals surface area (Å²) in [4.78, 5) is 28.6. The van der Waals surface area contributed by atoms with Gasteiger partial charge in [0.25, 0.3) is 5.91 Å². The minimum Gasteiger partial charge on any atom is -0.357 e. The molecule has 1 aliphatic rings. The fraction of sp³-hybridized carbons (Fsp3) is 0.385. The zero-order chi connectivity index (χ0) is 23.0. The summed E-state index contributed by atoms with van der Waals surface area (Å²) in [6.07, 6.45) is 8.13. The van der Waals surface area contributed by atoms with Gasteiger partial charge in [-0.2, -0.15) is 0 Å². The lowest BCUT2D eigenvalue weighted by molar-refractivity contribution is 0.0950. The first-order chi connectivity index (χ1) is 16.1. The molecule has 0 atom stereocenters. The molecule has 33 heavy (non-hydrogen) atoms. The van der Waals surface area contributed by atoms with E-state index in [2.05, 4.69) is 33.3 Å². The number of benzene rings is 1. The van der Waals surface area contributed by atoms with Gasteiger partial charge < -0.3 is 10.2 Å². The number of hydrogen-bond donors (Lipinski definition) is 1. The maximum absolute atomic E-state index is 12.6. The van der Waals surface area contributed by atoms with Crippen LogP contribution in [0.3, 0.4) is 0 Å². The number of amides is 1. The lowest BCUT2D eigenvalue weighted by Gasteiger charge is -2.32. The molecule has 0 bridgehead atoms. The third kappa shape index (κ3) is 6.54. The molecule has 0 unspecified atom stereocenters. The molecular weight excluding hydrogens is 430 g/mol. The van der Waals surface area contributed by atoms with Gasteiger partial charge in [-0.05, 0) is 49.6 Å². The van der Waals surface area contributed by atoms with E-state index in [0.717, 1.165) is 27.9 Å². The van der Waals surface area contributed by atoms with Crippen molar-refractivity contribution in [2.45, 2.75) is 62.5 Å². The van der Waals surface area contributed by atoms with Gasteiger partial charge in [-0.25, -0.2) is 9.97 Å². The maximum atomic E-state index is 12.6. The van der Waals surface area contributed by atoms with E-state index < -0.39 is 0 Å². The van der Waals surface area contributed by atoms with Crippen LogP contribution in [0.5, 0.6) is 0 Å². The van der Waals surface area contributed by atoms with Gasteiger partial charge in [0.1, 0.15) is 5.82 Å². The van der Waals surface area contributed by atoms with E-state index in [0.29, 0.717) is 23.9 Å². The summed E-state index contributed by atoms with van der Waals surface area (Å²) in [7, 11) is 2.15. The Kier molecular flexibility index (Phi) is 7.94. The van der Waals surface area contributed by atoms with Crippen LogP contribution in [0.1, 0.15) is 59.4 Å². The van der Waals surface area contributed by atoms with Crippen molar-refractivity contribution >= 4 is 23.5 Å². The number of carbonyl (C=O) groups is 1. The van der Waals surface area contributed by atoms with Gasteiger partial charge >= 0.3 is 0 Å². The number of nitrogens with zero attached hydrogens (tertiary/aromatic N) is 4. The zero-order valence-electron chi connectivity index (χ0n) is 19.3. The first kappa shape index (κ1) is 23.2. The molecule has 1 N–H and O–H groups in total. The number of nitrogens with one attached hydrogen (secondary N) is 1. The third-order valence-electron chi connectivity index (χ3n) is 6.02. The summed E-state index contributed by atoms with van der Waals surface area (Å²) in [5, 5.41) is 3.71. The highest BCUT2D eigenvalue weighted by molar-refractivity contribution is 7.98. The van der Waals surface area contributed by atoms with Gasteiger partial charge in [0.15, 0.2) is 5.16 Å². The minimum atomic E-state index is -0.101. The fourth-order valence-electron chi connectivity index (χ4n) is 4.15. The molecule has 1 saturated carbocycles. The summed E-state index contributed by atoms with van der Waals surface area (Å²) in [5.41, 5.74) is 3.53. The Balaban J connectivity index is 1.38. The normalized spacial score (nSPS) is 14.1. The molecule has 1 aliphatic carbocycles. The number of carbonyl (C=O) groups excluding carboxylic acids is 1. The Bertz CT molecular complexity index is 1070. The van der Waals surface area contributed by atoms with Crippen molar-refractivity contribution in [1.29, 1.82) is 0 Å². The largest absolute Gasteiger partial charge is 0.357 e. The predicted octanol–water partition coefficient (Wildman–Crippen LogP) is 5.17. The van der Waals surface area contributed by atoms with Crippen LogP contribution < -0.4 is 10.2 Å². The second-order valence-corrected chi connectivity index (χ2v) is 9.49. The monoisotopic (exact) mass is 461 g/mol. The number of thioether (sulfide) groups is 1. The predicted molar refractivity (Wildman–Crippen MR) is 133 cm³/mol. The van der Waals surface area contributed by atoms with Crippen molar-refractivity contribution in [2.75, 3.05) is 11.9 Å². The highest BCUT2D eigenvalue weighted by Gasteiger charge is 2.20. The van der Waals surface area contributed by atoms with Gasteiger partial charge in [0.2, 0.25) is 0 Å². The molecule has 172 valence electrons. The van der Waals surface area contributed by atoms with E-state index in [1.807, 2.05) is 49.4 Å². The van der Waals surface area contributed by atoms with Crippen molar-refractivity contribution < 1.29 is 4.79 Å². The average Bonchev–Trinajstić information content (AvgIpc) is 2.86. The molecule has 7 heteroatoms. The summed E-state index contributed by atoms with van der Waals surface area (Å²) < 4.78 is 0. The SMILES string of the molecule is Cc1cc(N(C)C2CCCCC2)nc(SCc2cccc(C(=O)NCc3ccccn3)c2)n1. The third-order valence-corrected chi connectivity index (χ3v) is 6.94. The van der Waals surface area contributed by atoms with Crippen molar-refractivity contribution in [1.82, 2.24) is 20.3 Å². The Morgan fingerprint density at radius 1 is 1.09 bits per heavy atom. The number of anilines is 1. The van der Waals surface area contributed by atoms with Crippen LogP contribution in [0.15, 0.2) is 59.9 Å². The Morgan fingerprint density at radius 3 is 2.73 bits per heavy atom. The van der Waals surface area contributed by atoms with Gasteiger partial charge in [-0.15, -0.1) is 0 Å². The minimum absolute atomic E-state index is 0.101. The molecule has 2 aromatic heterocycles. The van der Waals surface area contributed by atoms with Gasteiger partial charge in [0.05, 0.1) is 12.2 Å². The molecule has 0 radical (unpaired) electrons. The number of hydrogen-bond acceptors (Lipinski definition) is 6. The van der Waals surface area contributed by atoms with Crippen LogP contribution in [0.2, 0.25) is 0 Å². The van der Waals surface area contributed by atoms with E-state index >= 15 is 0 Å². The molecule has 1 fully saturated rings. The highest BCUT2D eigenvalue weighted by Crippen LogP contribution is 2.27. The number of aryl methyl sites for hydroxylation is 1. The zero-order valence-corrected chi connectivity index (χ0v) is 20.1. The average molecular weight is 462 g/mol. The Morgan fingerprint density at radius 2 is 1.94 bits per heavy atom. The van der Waals surface area contributed by atoms with Crippen LogP contribution in [0, 0.1) is 6.92 Å². The van der Waals surface area contributed by atoms with Crippen LogP contribution in [0.25, 0.3) is 0 Å². The van der Waals surface area contributed by atoms with Crippen molar-refractivity contribution in [2.24, 2.45) is 0 Å². The lowest BCUT2D eigenvalue weighted by Crippen LogP contribution is -2.34. The van der Waals surface area contributed by atoms with Crippen molar-refractivity contribution in [3.05, 3.63) is 77.2 Å². The van der Waals surface area contributed by atoms with Crippen LogP contribution in [-0.2, 0) is 12.3 Å². The molecule has 0 saturated heterocycles. The molecule has 4 rings (SSSR count). The van der Waals surface area contributed by atoms with Crippen LogP contribution >= 0.6 is 11.8 Å². The number of rotatable bonds is 8. The maximum Gasteiger partial charge on any atom is 0.251 e. The second kappa shape index (κ2) is 11.3. The smallest absolute Gasteiger partial charge is 0.251 e. The van der Waals surface area contributed by atoms with Crippen LogP contribution in [-0.4, -0.2) is 33.9 Å². The highest BCUT2D eigenvalue weighted by atomic mass is 32.2. The standard InChI is InChI=1S/C26H31N5OS/c1-19-15-24(31(2)23-12-4-3-5-13-23)30-26(29-19)33-18-20-9-8-10-21(16-20)25(32)28-17-22-11-6-7-14-27-22/h6-11,14-16,23H,3-5,12-13,17-18H2,1-2H3,(H,28,32). The number of pyridine rings is 1. The molecule has 0 aliphatic heterocycles. The summed E-state index contributed by atoms with van der Waals surface area (Å²) >= 11 is 1.61. The van der Waals surface area contributed by atoms with E-state index in [-0.39, 0.29) is 5.91 Å². The molecule has 1 amide bonds. The van der Waals surface area contributed by atoms with Crippen molar-refractivity contribution in [3.63, 3.8) is 0 Å². The first-order valence-electron chi connectivity index (χ1n) is 11.6. The summed E-state index contributed by atoms with van der Waals surface area (Å²) in [5.74, 6) is 1.60. The molecular formula is C26H31N5OS. The van der Waals surface area contributed by atoms with Crippen LogP contribution in [0.4, 0.5) is 5.82 Å². The van der Waals surface area contributed by atoms with E-state index in [9.17, 15) is 4.79 Å². The van der Waals surface area contributed by atoms with E-state index in [4.69, 9.17) is 4.98 Å². The molecule has 1 aromatic carbocycles. The molecule has 6 nitrogen and oxygen atoms in total. The Labute approximate surface area is 200 Å².